The molecule has 2 atom stereocenters. The van der Waals surface area contributed by atoms with E-state index < -0.39 is 29.9 Å². The Kier molecular flexibility index (Phi) is 12.1. The van der Waals surface area contributed by atoms with Crippen molar-refractivity contribution in [1.29, 1.82) is 0 Å². The molecule has 4 amide bonds. The molecule has 0 aromatic heterocycles. The molecule has 12 heteroatoms. The number of fused-ring (bicyclic) bond motifs is 1. The van der Waals surface area contributed by atoms with E-state index in [2.05, 4.69) is 41.2 Å². The number of urea groups is 1. The first-order chi connectivity index (χ1) is 23.9. The van der Waals surface area contributed by atoms with Crippen LogP contribution in [0, 0.1) is 0 Å². The predicted octanol–water partition coefficient (Wildman–Crippen LogP) is 7.78. The van der Waals surface area contributed by atoms with E-state index in [0.717, 1.165) is 24.0 Å². The van der Waals surface area contributed by atoms with Crippen molar-refractivity contribution in [3.63, 3.8) is 0 Å². The maximum Gasteiger partial charge on any atom is 0.330 e. The highest BCUT2D eigenvalue weighted by Crippen LogP contribution is 2.41. The molecule has 1 aliphatic carbocycles. The standard InChI is InChI=1S/C38H37Cl3N4O5/c1-38(2)18-17-29(26-13-6-7-14-27(26)38)45-37(49)42-21-31(36(48)50-22-23-9-4-3-5-10-23)44-35(47)33-28(40)15-16-30(34(33)41)43-32(46)20-24-11-8-12-25(39)19-24/h3-16,19,29,31H,17-18,20-22H2,1-2H3,(H,43,46)(H,44,47)(H2,42,45,49). The van der Waals surface area contributed by atoms with Crippen LogP contribution in [0.5, 0.6) is 0 Å². The maximum atomic E-state index is 13.7. The maximum absolute atomic E-state index is 13.7. The minimum Gasteiger partial charge on any atom is -0.459 e. The quantitative estimate of drug-likeness (QED) is 0.117. The lowest BCUT2D eigenvalue weighted by molar-refractivity contribution is -0.147. The number of carbonyl (C=O) groups excluding carboxylic acids is 4. The zero-order valence-corrected chi connectivity index (χ0v) is 29.8. The third-order valence-electron chi connectivity index (χ3n) is 8.56. The molecule has 4 N–H and O–H groups in total. The van der Waals surface area contributed by atoms with E-state index in [-0.39, 0.29) is 52.3 Å². The Morgan fingerprint density at radius 2 is 1.60 bits per heavy atom. The first-order valence-corrected chi connectivity index (χ1v) is 17.2. The van der Waals surface area contributed by atoms with Gasteiger partial charge in [0.2, 0.25) is 5.91 Å². The third kappa shape index (κ3) is 9.35. The molecule has 50 heavy (non-hydrogen) atoms. The Bertz CT molecular complexity index is 1890. The van der Waals surface area contributed by atoms with E-state index in [9.17, 15) is 19.2 Å². The van der Waals surface area contributed by atoms with Crippen LogP contribution in [0.1, 0.15) is 65.3 Å². The Balaban J connectivity index is 1.29. The summed E-state index contributed by atoms with van der Waals surface area (Å²) in [6.07, 6.45) is 1.62. The molecule has 9 nitrogen and oxygen atoms in total. The average molecular weight is 736 g/mol. The van der Waals surface area contributed by atoms with Gasteiger partial charge in [-0.3, -0.25) is 9.59 Å². The van der Waals surface area contributed by atoms with Crippen LogP contribution in [-0.2, 0) is 32.8 Å². The van der Waals surface area contributed by atoms with Gasteiger partial charge in [0.25, 0.3) is 5.91 Å². The SMILES string of the molecule is CC1(C)CCC(NC(=O)NCC(NC(=O)c2c(Cl)ccc(NC(=O)Cc3cccc(Cl)c3)c2Cl)C(=O)OCc2ccccc2)c2ccccc21. The summed E-state index contributed by atoms with van der Waals surface area (Å²) < 4.78 is 5.52. The van der Waals surface area contributed by atoms with Crippen molar-refractivity contribution in [3.05, 3.63) is 134 Å². The predicted molar refractivity (Wildman–Crippen MR) is 196 cm³/mol. The van der Waals surface area contributed by atoms with Crippen LogP contribution in [0.2, 0.25) is 15.1 Å². The molecule has 0 fully saturated rings. The zero-order chi connectivity index (χ0) is 35.8. The number of anilines is 1. The van der Waals surface area contributed by atoms with Crippen LogP contribution in [-0.4, -0.2) is 36.4 Å². The first kappa shape index (κ1) is 36.7. The third-order valence-corrected chi connectivity index (χ3v) is 9.50. The molecule has 4 aromatic carbocycles. The lowest BCUT2D eigenvalue weighted by Crippen LogP contribution is -2.51. The lowest BCUT2D eigenvalue weighted by atomic mass is 9.71. The molecule has 0 spiro atoms. The summed E-state index contributed by atoms with van der Waals surface area (Å²) in [5, 5.41) is 11.4. The Morgan fingerprint density at radius 1 is 0.880 bits per heavy atom. The number of nitrogens with one attached hydrogen (secondary N) is 4. The zero-order valence-electron chi connectivity index (χ0n) is 27.5. The number of ether oxygens (including phenoxy) is 1. The summed E-state index contributed by atoms with van der Waals surface area (Å²) in [6.45, 7) is 4.01. The van der Waals surface area contributed by atoms with Crippen molar-refractivity contribution in [2.75, 3.05) is 11.9 Å². The second-order valence-electron chi connectivity index (χ2n) is 12.7. The number of halogens is 3. The van der Waals surface area contributed by atoms with E-state index in [1.807, 2.05) is 36.4 Å². The van der Waals surface area contributed by atoms with Gasteiger partial charge in [-0.1, -0.05) is 115 Å². The fourth-order valence-electron chi connectivity index (χ4n) is 5.90. The number of rotatable bonds is 11. The molecule has 0 saturated carbocycles. The highest BCUT2D eigenvalue weighted by atomic mass is 35.5. The van der Waals surface area contributed by atoms with E-state index >= 15 is 0 Å². The summed E-state index contributed by atoms with van der Waals surface area (Å²) in [5.74, 6) is -1.99. The van der Waals surface area contributed by atoms with Crippen LogP contribution in [0.25, 0.3) is 0 Å². The van der Waals surface area contributed by atoms with Gasteiger partial charge < -0.3 is 26.0 Å². The Hall–Kier alpha value is -4.57. The minimum absolute atomic E-state index is 0.00824. The molecule has 1 aliphatic rings. The average Bonchev–Trinajstić information content (AvgIpc) is 3.08. The monoisotopic (exact) mass is 734 g/mol. The van der Waals surface area contributed by atoms with E-state index in [0.29, 0.717) is 10.6 Å². The van der Waals surface area contributed by atoms with Gasteiger partial charge in [-0.25, -0.2) is 9.59 Å². The van der Waals surface area contributed by atoms with Crippen molar-refractivity contribution in [3.8, 4) is 0 Å². The van der Waals surface area contributed by atoms with Crippen molar-refractivity contribution in [2.45, 2.75) is 57.2 Å². The van der Waals surface area contributed by atoms with Gasteiger partial charge in [0.05, 0.1) is 40.3 Å². The second-order valence-corrected chi connectivity index (χ2v) is 13.9. The largest absolute Gasteiger partial charge is 0.459 e. The highest BCUT2D eigenvalue weighted by Gasteiger charge is 2.33. The number of carbonyl (C=O) groups is 4. The van der Waals surface area contributed by atoms with Crippen LogP contribution in [0.15, 0.2) is 91.0 Å². The Morgan fingerprint density at radius 3 is 2.36 bits per heavy atom. The van der Waals surface area contributed by atoms with Gasteiger partial charge in [0, 0.05) is 5.02 Å². The summed E-state index contributed by atoms with van der Waals surface area (Å²) in [4.78, 5) is 53.0. The van der Waals surface area contributed by atoms with Gasteiger partial charge in [0.1, 0.15) is 12.6 Å². The topological polar surface area (TPSA) is 126 Å². The van der Waals surface area contributed by atoms with Gasteiger partial charge in [0.15, 0.2) is 0 Å². The molecule has 4 aromatic rings. The number of hydrogen-bond donors (Lipinski definition) is 4. The van der Waals surface area contributed by atoms with Crippen LogP contribution in [0.3, 0.4) is 0 Å². The number of hydrogen-bond acceptors (Lipinski definition) is 5. The molecule has 0 radical (unpaired) electrons. The van der Waals surface area contributed by atoms with Gasteiger partial charge >= 0.3 is 12.0 Å². The normalized spacial score (nSPS) is 15.2. The van der Waals surface area contributed by atoms with Crippen LogP contribution in [0.4, 0.5) is 10.5 Å². The molecular formula is C38H37Cl3N4O5. The minimum atomic E-state index is -1.32. The first-order valence-electron chi connectivity index (χ1n) is 16.1. The lowest BCUT2D eigenvalue weighted by Gasteiger charge is -2.37. The van der Waals surface area contributed by atoms with Crippen molar-refractivity contribution in [1.82, 2.24) is 16.0 Å². The fourth-order valence-corrected chi connectivity index (χ4v) is 6.71. The molecule has 0 bridgehead atoms. The number of benzene rings is 4. The number of amides is 4. The molecule has 5 rings (SSSR count). The van der Waals surface area contributed by atoms with Crippen LogP contribution < -0.4 is 21.3 Å². The number of esters is 1. The summed E-state index contributed by atoms with van der Waals surface area (Å²) in [5.41, 5.74) is 3.58. The van der Waals surface area contributed by atoms with Gasteiger partial charge in [-0.05, 0) is 64.8 Å². The molecule has 260 valence electrons. The highest BCUT2D eigenvalue weighted by molar-refractivity contribution is 6.41. The van der Waals surface area contributed by atoms with E-state index in [1.54, 1.807) is 36.4 Å². The van der Waals surface area contributed by atoms with Crippen molar-refractivity contribution >= 4 is 64.3 Å². The summed E-state index contributed by atoms with van der Waals surface area (Å²) in [7, 11) is 0. The fraction of sp³-hybridized carbons (Fsp3) is 0.263. The molecular weight excluding hydrogens is 699 g/mol. The van der Waals surface area contributed by atoms with Crippen molar-refractivity contribution < 1.29 is 23.9 Å². The molecule has 0 aliphatic heterocycles. The second kappa shape index (κ2) is 16.4. The van der Waals surface area contributed by atoms with Crippen molar-refractivity contribution in [2.24, 2.45) is 0 Å². The molecule has 0 heterocycles. The summed E-state index contributed by atoms with van der Waals surface area (Å²) >= 11 is 19.1. The van der Waals surface area contributed by atoms with E-state index in [1.165, 1.54) is 17.7 Å². The van der Waals surface area contributed by atoms with Gasteiger partial charge in [-0.2, -0.15) is 0 Å². The summed E-state index contributed by atoms with van der Waals surface area (Å²) in [6, 6.07) is 24.7. The van der Waals surface area contributed by atoms with Crippen LogP contribution >= 0.6 is 34.8 Å². The molecule has 0 saturated heterocycles. The molecule has 2 unspecified atom stereocenters. The smallest absolute Gasteiger partial charge is 0.330 e. The Labute approximate surface area is 306 Å². The van der Waals surface area contributed by atoms with Gasteiger partial charge in [-0.15, -0.1) is 0 Å². The van der Waals surface area contributed by atoms with E-state index in [4.69, 9.17) is 39.5 Å².